The number of rotatable bonds is 8. The normalized spacial score (nSPS) is 13.1. The molecule has 2 nitrogen and oxygen atoms in total. The van der Waals surface area contributed by atoms with Crippen molar-refractivity contribution in [2.45, 2.75) is 65.1 Å². The van der Waals surface area contributed by atoms with E-state index in [0.717, 1.165) is 19.8 Å². The quantitative estimate of drug-likeness (QED) is 0.472. The van der Waals surface area contributed by atoms with Gasteiger partial charge in [-0.1, -0.05) is 40.5 Å². The molecular formula is C13H30O2Si. The standard InChI is InChI=1S/C13H30O2Si/c1-7-8-9-10-14-11-12-15-16(5,6)13(2,3)4/h7-12H2,1-6H3. The Balaban J connectivity index is 3.51. The van der Waals surface area contributed by atoms with Crippen LogP contribution in [-0.2, 0) is 9.16 Å². The molecule has 98 valence electrons. The molecule has 0 rings (SSSR count). The second-order valence-corrected chi connectivity index (χ2v) is 10.7. The molecule has 0 aromatic heterocycles. The zero-order chi connectivity index (χ0) is 12.7. The molecule has 16 heavy (non-hydrogen) atoms. The Labute approximate surface area is 103 Å². The lowest BCUT2D eigenvalue weighted by atomic mass is 10.2. The van der Waals surface area contributed by atoms with E-state index in [1.54, 1.807) is 0 Å². The molecule has 0 aliphatic heterocycles. The summed E-state index contributed by atoms with van der Waals surface area (Å²) in [6.45, 7) is 16.0. The van der Waals surface area contributed by atoms with Crippen LogP contribution in [0.15, 0.2) is 0 Å². The first kappa shape index (κ1) is 16.1. The van der Waals surface area contributed by atoms with Crippen molar-refractivity contribution in [1.29, 1.82) is 0 Å². The topological polar surface area (TPSA) is 18.5 Å². The van der Waals surface area contributed by atoms with E-state index in [1.165, 1.54) is 19.3 Å². The first-order valence-electron chi connectivity index (χ1n) is 6.53. The van der Waals surface area contributed by atoms with Crippen LogP contribution in [0.4, 0.5) is 0 Å². The van der Waals surface area contributed by atoms with E-state index in [-0.39, 0.29) is 0 Å². The third-order valence-corrected chi connectivity index (χ3v) is 7.93. The van der Waals surface area contributed by atoms with Gasteiger partial charge in [0.05, 0.1) is 13.2 Å². The molecule has 3 heteroatoms. The molecule has 0 N–H and O–H groups in total. The molecule has 0 radical (unpaired) electrons. The molecule has 0 saturated carbocycles. The van der Waals surface area contributed by atoms with Gasteiger partial charge in [0.1, 0.15) is 0 Å². The summed E-state index contributed by atoms with van der Waals surface area (Å²) in [4.78, 5) is 0. The van der Waals surface area contributed by atoms with Crippen molar-refractivity contribution in [3.05, 3.63) is 0 Å². The minimum atomic E-state index is -1.56. The van der Waals surface area contributed by atoms with Crippen molar-refractivity contribution < 1.29 is 9.16 Å². The van der Waals surface area contributed by atoms with Crippen LogP contribution in [0.3, 0.4) is 0 Å². The minimum absolute atomic E-state index is 0.301. The largest absolute Gasteiger partial charge is 0.414 e. The zero-order valence-electron chi connectivity index (χ0n) is 12.1. The molecule has 0 aromatic carbocycles. The lowest BCUT2D eigenvalue weighted by Crippen LogP contribution is -2.41. The van der Waals surface area contributed by atoms with Crippen molar-refractivity contribution in [3.8, 4) is 0 Å². The van der Waals surface area contributed by atoms with Gasteiger partial charge in [-0.15, -0.1) is 0 Å². The van der Waals surface area contributed by atoms with E-state index in [9.17, 15) is 0 Å². The molecule has 0 aromatic rings. The average Bonchev–Trinajstić information content (AvgIpc) is 2.14. The number of unbranched alkanes of at least 4 members (excludes halogenated alkanes) is 2. The van der Waals surface area contributed by atoms with E-state index in [4.69, 9.17) is 9.16 Å². The van der Waals surface area contributed by atoms with Crippen LogP contribution in [-0.4, -0.2) is 28.1 Å². The van der Waals surface area contributed by atoms with Crippen molar-refractivity contribution in [1.82, 2.24) is 0 Å². The van der Waals surface area contributed by atoms with Crippen LogP contribution >= 0.6 is 0 Å². The summed E-state index contributed by atoms with van der Waals surface area (Å²) in [7, 11) is -1.56. The highest BCUT2D eigenvalue weighted by Crippen LogP contribution is 2.36. The van der Waals surface area contributed by atoms with Crippen LogP contribution in [0, 0.1) is 0 Å². The Morgan fingerprint density at radius 1 is 0.938 bits per heavy atom. The van der Waals surface area contributed by atoms with Crippen LogP contribution in [0.25, 0.3) is 0 Å². The highest BCUT2D eigenvalue weighted by atomic mass is 28.4. The first-order chi connectivity index (χ1) is 7.31. The highest BCUT2D eigenvalue weighted by Gasteiger charge is 2.36. The lowest BCUT2D eigenvalue weighted by molar-refractivity contribution is 0.0928. The van der Waals surface area contributed by atoms with Gasteiger partial charge in [0.2, 0.25) is 0 Å². The maximum absolute atomic E-state index is 6.01. The summed E-state index contributed by atoms with van der Waals surface area (Å²) in [5, 5.41) is 0.301. The fourth-order valence-electron chi connectivity index (χ4n) is 1.13. The smallest absolute Gasteiger partial charge is 0.192 e. The Kier molecular flexibility index (Phi) is 7.52. The lowest BCUT2D eigenvalue weighted by Gasteiger charge is -2.36. The minimum Gasteiger partial charge on any atom is -0.414 e. The summed E-state index contributed by atoms with van der Waals surface area (Å²) in [6.07, 6.45) is 3.70. The Morgan fingerprint density at radius 2 is 1.56 bits per heavy atom. The SMILES string of the molecule is CCCCCOCCO[Si](C)(C)C(C)(C)C. The first-order valence-corrected chi connectivity index (χ1v) is 9.44. The van der Waals surface area contributed by atoms with Crippen LogP contribution < -0.4 is 0 Å². The van der Waals surface area contributed by atoms with Crippen LogP contribution in [0.5, 0.6) is 0 Å². The van der Waals surface area contributed by atoms with E-state index < -0.39 is 8.32 Å². The van der Waals surface area contributed by atoms with E-state index >= 15 is 0 Å². The summed E-state index contributed by atoms with van der Waals surface area (Å²) >= 11 is 0. The molecule has 0 heterocycles. The molecular weight excluding hydrogens is 216 g/mol. The summed E-state index contributed by atoms with van der Waals surface area (Å²) in [5.74, 6) is 0. The molecule has 0 atom stereocenters. The van der Waals surface area contributed by atoms with Gasteiger partial charge in [-0.3, -0.25) is 0 Å². The number of hydrogen-bond donors (Lipinski definition) is 0. The Morgan fingerprint density at radius 3 is 2.06 bits per heavy atom. The summed E-state index contributed by atoms with van der Waals surface area (Å²) < 4.78 is 11.6. The van der Waals surface area contributed by atoms with Gasteiger partial charge in [0.15, 0.2) is 8.32 Å². The van der Waals surface area contributed by atoms with Crippen molar-refractivity contribution in [3.63, 3.8) is 0 Å². The van der Waals surface area contributed by atoms with Crippen molar-refractivity contribution in [2.75, 3.05) is 19.8 Å². The molecule has 0 aliphatic carbocycles. The maximum Gasteiger partial charge on any atom is 0.192 e. The monoisotopic (exact) mass is 246 g/mol. The molecule has 0 spiro atoms. The van der Waals surface area contributed by atoms with Gasteiger partial charge in [-0.25, -0.2) is 0 Å². The van der Waals surface area contributed by atoms with E-state index in [1.807, 2.05) is 0 Å². The van der Waals surface area contributed by atoms with E-state index in [2.05, 4.69) is 40.8 Å². The van der Waals surface area contributed by atoms with Crippen molar-refractivity contribution >= 4 is 8.32 Å². The molecule has 0 saturated heterocycles. The van der Waals surface area contributed by atoms with Gasteiger partial charge in [-0.05, 0) is 24.6 Å². The third kappa shape index (κ3) is 6.66. The van der Waals surface area contributed by atoms with Crippen LogP contribution in [0.2, 0.25) is 18.1 Å². The second kappa shape index (κ2) is 7.46. The second-order valence-electron chi connectivity index (χ2n) is 5.93. The number of ether oxygens (including phenoxy) is 1. The van der Waals surface area contributed by atoms with Gasteiger partial charge in [-0.2, -0.15) is 0 Å². The molecule has 0 fully saturated rings. The predicted molar refractivity (Wildman–Crippen MR) is 73.5 cm³/mol. The Hall–Kier alpha value is 0.137. The molecule has 0 amide bonds. The zero-order valence-corrected chi connectivity index (χ0v) is 13.1. The molecule has 0 aliphatic rings. The molecule has 0 bridgehead atoms. The van der Waals surface area contributed by atoms with Gasteiger partial charge in [0, 0.05) is 6.61 Å². The van der Waals surface area contributed by atoms with Crippen LogP contribution in [0.1, 0.15) is 47.0 Å². The van der Waals surface area contributed by atoms with Crippen molar-refractivity contribution in [2.24, 2.45) is 0 Å². The average molecular weight is 246 g/mol. The predicted octanol–water partition coefficient (Wildman–Crippen LogP) is 4.22. The fourth-order valence-corrected chi connectivity index (χ4v) is 2.16. The summed E-state index contributed by atoms with van der Waals surface area (Å²) in [6, 6.07) is 0. The van der Waals surface area contributed by atoms with E-state index in [0.29, 0.717) is 5.04 Å². The van der Waals surface area contributed by atoms with Gasteiger partial charge < -0.3 is 9.16 Å². The number of hydrogen-bond acceptors (Lipinski definition) is 2. The summed E-state index contributed by atoms with van der Waals surface area (Å²) in [5.41, 5.74) is 0. The van der Waals surface area contributed by atoms with Gasteiger partial charge >= 0.3 is 0 Å². The highest BCUT2D eigenvalue weighted by molar-refractivity contribution is 6.74. The Bertz CT molecular complexity index is 173. The third-order valence-electron chi connectivity index (χ3n) is 3.39. The fraction of sp³-hybridized carbons (Fsp3) is 1.00. The molecule has 0 unspecified atom stereocenters. The van der Waals surface area contributed by atoms with Gasteiger partial charge in [0.25, 0.3) is 0 Å². The maximum atomic E-state index is 6.01.